The SMILES string of the molecule is COc1cc(CC(=O)NC2CCC(C=C3CC3)CC2)ccc1O. The first-order valence-corrected chi connectivity index (χ1v) is 8.49. The summed E-state index contributed by atoms with van der Waals surface area (Å²) >= 11 is 0. The summed E-state index contributed by atoms with van der Waals surface area (Å²) in [7, 11) is 1.51. The molecule has 4 heteroatoms. The van der Waals surface area contributed by atoms with Gasteiger partial charge in [0.1, 0.15) is 0 Å². The van der Waals surface area contributed by atoms with Gasteiger partial charge in [0.2, 0.25) is 5.91 Å². The number of benzene rings is 1. The Morgan fingerprint density at radius 3 is 2.70 bits per heavy atom. The first kappa shape index (κ1) is 15.9. The molecule has 0 heterocycles. The highest BCUT2D eigenvalue weighted by molar-refractivity contribution is 5.79. The molecule has 0 bridgehead atoms. The Bertz CT molecular complexity index is 595. The molecule has 124 valence electrons. The molecule has 0 unspecified atom stereocenters. The molecule has 2 aliphatic rings. The predicted molar refractivity (Wildman–Crippen MR) is 89.6 cm³/mol. The maximum atomic E-state index is 12.2. The molecule has 2 N–H and O–H groups in total. The Hall–Kier alpha value is -1.97. The third-order valence-corrected chi connectivity index (χ3v) is 4.76. The number of rotatable bonds is 5. The minimum Gasteiger partial charge on any atom is -0.504 e. The fourth-order valence-electron chi connectivity index (χ4n) is 3.30. The van der Waals surface area contributed by atoms with Crippen molar-refractivity contribution in [2.24, 2.45) is 5.92 Å². The van der Waals surface area contributed by atoms with Crippen molar-refractivity contribution >= 4 is 5.91 Å². The predicted octanol–water partition coefficient (Wildman–Crippen LogP) is 3.34. The molecule has 23 heavy (non-hydrogen) atoms. The van der Waals surface area contributed by atoms with Crippen LogP contribution < -0.4 is 10.1 Å². The van der Waals surface area contributed by atoms with Crippen molar-refractivity contribution in [2.75, 3.05) is 7.11 Å². The number of phenolic OH excluding ortho intramolecular Hbond substituents is 1. The molecule has 2 fully saturated rings. The van der Waals surface area contributed by atoms with E-state index < -0.39 is 0 Å². The van der Waals surface area contributed by atoms with Crippen LogP contribution >= 0.6 is 0 Å². The Kier molecular flexibility index (Phi) is 4.89. The molecular weight excluding hydrogens is 290 g/mol. The van der Waals surface area contributed by atoms with Crippen molar-refractivity contribution in [1.29, 1.82) is 0 Å². The van der Waals surface area contributed by atoms with Crippen LogP contribution in [0.3, 0.4) is 0 Å². The fraction of sp³-hybridized carbons (Fsp3) is 0.526. The largest absolute Gasteiger partial charge is 0.504 e. The van der Waals surface area contributed by atoms with Crippen LogP contribution in [0.25, 0.3) is 0 Å². The van der Waals surface area contributed by atoms with Gasteiger partial charge in [-0.1, -0.05) is 17.7 Å². The summed E-state index contributed by atoms with van der Waals surface area (Å²) in [6, 6.07) is 5.34. The van der Waals surface area contributed by atoms with Gasteiger partial charge < -0.3 is 15.2 Å². The van der Waals surface area contributed by atoms with Crippen LogP contribution in [0, 0.1) is 5.92 Å². The third kappa shape index (κ3) is 4.50. The molecule has 1 aromatic carbocycles. The summed E-state index contributed by atoms with van der Waals surface area (Å²) in [6.45, 7) is 0. The lowest BCUT2D eigenvalue weighted by Crippen LogP contribution is -2.38. The maximum absolute atomic E-state index is 12.2. The van der Waals surface area contributed by atoms with Gasteiger partial charge in [-0.25, -0.2) is 0 Å². The third-order valence-electron chi connectivity index (χ3n) is 4.76. The zero-order valence-electron chi connectivity index (χ0n) is 13.7. The summed E-state index contributed by atoms with van der Waals surface area (Å²) < 4.78 is 5.08. The molecule has 2 saturated carbocycles. The van der Waals surface area contributed by atoms with Crippen molar-refractivity contribution in [2.45, 2.75) is 51.0 Å². The number of aromatic hydroxyl groups is 1. The van der Waals surface area contributed by atoms with Gasteiger partial charge in [-0.3, -0.25) is 4.79 Å². The van der Waals surface area contributed by atoms with E-state index in [0.717, 1.165) is 24.3 Å². The van der Waals surface area contributed by atoms with Gasteiger partial charge in [0.25, 0.3) is 0 Å². The zero-order chi connectivity index (χ0) is 16.2. The van der Waals surface area contributed by atoms with Crippen LogP contribution in [0.2, 0.25) is 0 Å². The normalized spacial score (nSPS) is 23.3. The molecule has 0 spiro atoms. The zero-order valence-corrected chi connectivity index (χ0v) is 13.7. The summed E-state index contributed by atoms with van der Waals surface area (Å²) in [5.41, 5.74) is 2.48. The van der Waals surface area contributed by atoms with Crippen molar-refractivity contribution in [3.8, 4) is 11.5 Å². The number of phenols is 1. The van der Waals surface area contributed by atoms with E-state index in [9.17, 15) is 9.90 Å². The quantitative estimate of drug-likeness (QED) is 0.819. The van der Waals surface area contributed by atoms with Gasteiger partial charge in [0.05, 0.1) is 13.5 Å². The number of carbonyl (C=O) groups is 1. The molecule has 0 radical (unpaired) electrons. The van der Waals surface area contributed by atoms with Gasteiger partial charge in [-0.05, 0) is 62.1 Å². The van der Waals surface area contributed by atoms with Crippen LogP contribution in [0.15, 0.2) is 29.8 Å². The monoisotopic (exact) mass is 315 g/mol. The lowest BCUT2D eigenvalue weighted by molar-refractivity contribution is -0.121. The van der Waals surface area contributed by atoms with E-state index in [4.69, 9.17) is 4.74 Å². The van der Waals surface area contributed by atoms with E-state index >= 15 is 0 Å². The van der Waals surface area contributed by atoms with Gasteiger partial charge in [0.15, 0.2) is 11.5 Å². The van der Waals surface area contributed by atoms with E-state index in [0.29, 0.717) is 18.2 Å². The minimum atomic E-state index is 0.0433. The average Bonchev–Trinajstić information content (AvgIpc) is 3.35. The number of hydrogen-bond acceptors (Lipinski definition) is 3. The number of nitrogens with one attached hydrogen (secondary N) is 1. The molecule has 1 aromatic rings. The first-order valence-electron chi connectivity index (χ1n) is 8.49. The average molecular weight is 315 g/mol. The van der Waals surface area contributed by atoms with Crippen molar-refractivity contribution in [3.05, 3.63) is 35.4 Å². The second-order valence-corrected chi connectivity index (χ2v) is 6.69. The Morgan fingerprint density at radius 2 is 2.04 bits per heavy atom. The molecule has 0 saturated heterocycles. The van der Waals surface area contributed by atoms with Crippen LogP contribution in [0.1, 0.15) is 44.1 Å². The standard InChI is InChI=1S/C19H25NO3/c1-23-18-11-15(6-9-17(18)21)12-19(22)20-16-7-4-14(5-8-16)10-13-2-3-13/h6,9-11,14,16,21H,2-5,7-8,12H2,1H3,(H,20,22). The van der Waals surface area contributed by atoms with E-state index in [1.165, 1.54) is 32.8 Å². The molecule has 3 rings (SSSR count). The summed E-state index contributed by atoms with van der Waals surface area (Å²) in [5.74, 6) is 1.27. The second-order valence-electron chi connectivity index (χ2n) is 6.69. The lowest BCUT2D eigenvalue weighted by atomic mass is 9.85. The van der Waals surface area contributed by atoms with E-state index in [1.54, 1.807) is 23.8 Å². The number of ether oxygens (including phenoxy) is 1. The highest BCUT2D eigenvalue weighted by atomic mass is 16.5. The molecule has 0 atom stereocenters. The van der Waals surface area contributed by atoms with Crippen molar-refractivity contribution in [3.63, 3.8) is 0 Å². The number of carbonyl (C=O) groups excluding carboxylic acids is 1. The van der Waals surface area contributed by atoms with Crippen molar-refractivity contribution < 1.29 is 14.6 Å². The number of allylic oxidation sites excluding steroid dienone is 2. The van der Waals surface area contributed by atoms with Crippen LogP contribution in [-0.2, 0) is 11.2 Å². The van der Waals surface area contributed by atoms with Gasteiger partial charge >= 0.3 is 0 Å². The smallest absolute Gasteiger partial charge is 0.224 e. The second kappa shape index (κ2) is 7.07. The van der Waals surface area contributed by atoms with E-state index in [2.05, 4.69) is 11.4 Å². The van der Waals surface area contributed by atoms with Crippen LogP contribution in [0.4, 0.5) is 0 Å². The van der Waals surface area contributed by atoms with Gasteiger partial charge in [0, 0.05) is 6.04 Å². The Balaban J connectivity index is 1.47. The molecule has 2 aliphatic carbocycles. The highest BCUT2D eigenvalue weighted by Crippen LogP contribution is 2.34. The maximum Gasteiger partial charge on any atom is 0.224 e. The van der Waals surface area contributed by atoms with E-state index in [-0.39, 0.29) is 11.7 Å². The summed E-state index contributed by atoms with van der Waals surface area (Å²) in [5, 5.41) is 12.7. The molecule has 4 nitrogen and oxygen atoms in total. The minimum absolute atomic E-state index is 0.0433. The molecule has 0 aliphatic heterocycles. The number of hydrogen-bond donors (Lipinski definition) is 2. The van der Waals surface area contributed by atoms with Crippen molar-refractivity contribution in [1.82, 2.24) is 5.32 Å². The molecule has 1 amide bonds. The lowest BCUT2D eigenvalue weighted by Gasteiger charge is -2.27. The molecule has 0 aromatic heterocycles. The topological polar surface area (TPSA) is 58.6 Å². The van der Waals surface area contributed by atoms with Gasteiger partial charge in [-0.2, -0.15) is 0 Å². The van der Waals surface area contributed by atoms with E-state index in [1.807, 2.05) is 0 Å². The highest BCUT2D eigenvalue weighted by Gasteiger charge is 2.23. The van der Waals surface area contributed by atoms with Crippen LogP contribution in [0.5, 0.6) is 11.5 Å². The van der Waals surface area contributed by atoms with Gasteiger partial charge in [-0.15, -0.1) is 0 Å². The summed E-state index contributed by atoms with van der Waals surface area (Å²) in [4.78, 5) is 12.2. The number of methoxy groups -OCH3 is 1. The Labute approximate surface area is 137 Å². The number of amides is 1. The fourth-order valence-corrected chi connectivity index (χ4v) is 3.30. The summed E-state index contributed by atoms with van der Waals surface area (Å²) in [6.07, 6.45) is 9.88. The Morgan fingerprint density at radius 1 is 1.30 bits per heavy atom. The molecular formula is C19H25NO3. The van der Waals surface area contributed by atoms with Crippen LogP contribution in [-0.4, -0.2) is 24.2 Å². The first-order chi connectivity index (χ1) is 11.1.